The number of halogens is 1. The minimum Gasteiger partial charge on any atom is -0.481 e. The van der Waals surface area contributed by atoms with Crippen LogP contribution < -0.4 is 10.1 Å². The van der Waals surface area contributed by atoms with Gasteiger partial charge in [-0.25, -0.2) is 0 Å². The molecule has 0 aliphatic carbocycles. The Balaban J connectivity index is 1.93. The van der Waals surface area contributed by atoms with Crippen LogP contribution >= 0.6 is 15.9 Å². The van der Waals surface area contributed by atoms with Gasteiger partial charge in [-0.1, -0.05) is 34.1 Å². The van der Waals surface area contributed by atoms with Crippen LogP contribution in [0.15, 0.2) is 46.9 Å². The summed E-state index contributed by atoms with van der Waals surface area (Å²) in [5.41, 5.74) is 3.51. The van der Waals surface area contributed by atoms with E-state index in [1.807, 2.05) is 6.07 Å². The molecule has 2 aromatic carbocycles. The molecule has 1 heterocycles. The van der Waals surface area contributed by atoms with Crippen LogP contribution in [0.4, 0.5) is 5.69 Å². The first-order valence-electron chi connectivity index (χ1n) is 6.43. The van der Waals surface area contributed by atoms with Gasteiger partial charge in [-0.15, -0.1) is 0 Å². The first-order chi connectivity index (χ1) is 9.13. The molecular formula is C16H16BrNO. The van der Waals surface area contributed by atoms with Crippen LogP contribution in [0.1, 0.15) is 24.2 Å². The van der Waals surface area contributed by atoms with Gasteiger partial charge < -0.3 is 10.1 Å². The first-order valence-corrected chi connectivity index (χ1v) is 7.22. The minimum absolute atomic E-state index is 0.0447. The van der Waals surface area contributed by atoms with Crippen LogP contribution in [0, 0.1) is 6.92 Å². The summed E-state index contributed by atoms with van der Waals surface area (Å²) in [6, 6.07) is 14.8. The maximum Gasteiger partial charge on any atom is 0.144 e. The molecule has 0 amide bonds. The monoisotopic (exact) mass is 317 g/mol. The van der Waals surface area contributed by atoms with Crippen LogP contribution in [0.3, 0.4) is 0 Å². The summed E-state index contributed by atoms with van der Waals surface area (Å²) in [6.07, 6.45) is 0.0447. The van der Waals surface area contributed by atoms with Crippen molar-refractivity contribution in [3.05, 3.63) is 58.1 Å². The van der Waals surface area contributed by atoms with Gasteiger partial charge in [0.25, 0.3) is 0 Å². The topological polar surface area (TPSA) is 21.3 Å². The molecular weight excluding hydrogens is 302 g/mol. The van der Waals surface area contributed by atoms with Crippen LogP contribution in [0.2, 0.25) is 0 Å². The molecule has 1 aliphatic heterocycles. The molecule has 0 aromatic heterocycles. The molecule has 0 spiro atoms. The average molecular weight is 318 g/mol. The van der Waals surface area contributed by atoms with Crippen molar-refractivity contribution >= 4 is 21.6 Å². The Kier molecular flexibility index (Phi) is 3.23. The summed E-state index contributed by atoms with van der Waals surface area (Å²) in [4.78, 5) is 0. The molecule has 3 heteroatoms. The molecule has 2 unspecified atom stereocenters. The van der Waals surface area contributed by atoms with Crippen LogP contribution in [-0.2, 0) is 0 Å². The fourth-order valence-corrected chi connectivity index (χ4v) is 2.69. The molecule has 0 bridgehead atoms. The van der Waals surface area contributed by atoms with E-state index in [1.165, 1.54) is 11.1 Å². The van der Waals surface area contributed by atoms with E-state index < -0.39 is 0 Å². The zero-order chi connectivity index (χ0) is 13.4. The molecule has 0 fully saturated rings. The Morgan fingerprint density at radius 1 is 1.11 bits per heavy atom. The number of anilines is 1. The molecule has 2 atom stereocenters. The molecule has 2 aromatic rings. The smallest absolute Gasteiger partial charge is 0.144 e. The molecule has 2 nitrogen and oxygen atoms in total. The molecule has 1 aliphatic rings. The van der Waals surface area contributed by atoms with Crippen LogP contribution in [0.25, 0.3) is 0 Å². The number of aryl methyl sites for hydroxylation is 1. The van der Waals surface area contributed by atoms with E-state index in [2.05, 4.69) is 71.5 Å². The van der Waals surface area contributed by atoms with Gasteiger partial charge in [-0.05, 0) is 49.2 Å². The highest BCUT2D eigenvalue weighted by Gasteiger charge is 2.27. The Labute approximate surface area is 121 Å². The Morgan fingerprint density at radius 2 is 1.84 bits per heavy atom. The number of nitrogens with one attached hydrogen (secondary N) is 1. The molecule has 0 radical (unpaired) electrons. The van der Waals surface area contributed by atoms with E-state index in [0.717, 1.165) is 15.9 Å². The molecule has 19 heavy (non-hydrogen) atoms. The van der Waals surface area contributed by atoms with Gasteiger partial charge in [0.1, 0.15) is 11.9 Å². The van der Waals surface area contributed by atoms with Crippen molar-refractivity contribution in [1.82, 2.24) is 0 Å². The van der Waals surface area contributed by atoms with Gasteiger partial charge in [0.15, 0.2) is 0 Å². The van der Waals surface area contributed by atoms with Crippen molar-refractivity contribution in [2.45, 2.75) is 26.0 Å². The molecule has 98 valence electrons. The lowest BCUT2D eigenvalue weighted by Crippen LogP contribution is -2.32. The van der Waals surface area contributed by atoms with Crippen molar-refractivity contribution in [2.24, 2.45) is 0 Å². The summed E-state index contributed by atoms with van der Waals surface area (Å²) in [7, 11) is 0. The summed E-state index contributed by atoms with van der Waals surface area (Å²) in [6.45, 7) is 4.24. The fraction of sp³-hybridized carbons (Fsp3) is 0.250. The van der Waals surface area contributed by atoms with Crippen LogP contribution in [0.5, 0.6) is 5.75 Å². The third kappa shape index (κ3) is 2.47. The van der Waals surface area contributed by atoms with E-state index >= 15 is 0 Å². The highest BCUT2D eigenvalue weighted by molar-refractivity contribution is 9.10. The van der Waals surface area contributed by atoms with E-state index in [1.54, 1.807) is 0 Å². The van der Waals surface area contributed by atoms with Crippen molar-refractivity contribution < 1.29 is 4.74 Å². The van der Waals surface area contributed by atoms with Crippen molar-refractivity contribution in [1.29, 1.82) is 0 Å². The zero-order valence-corrected chi connectivity index (χ0v) is 12.6. The van der Waals surface area contributed by atoms with Gasteiger partial charge >= 0.3 is 0 Å². The highest BCUT2D eigenvalue weighted by Crippen LogP contribution is 2.37. The van der Waals surface area contributed by atoms with E-state index in [-0.39, 0.29) is 12.1 Å². The molecule has 0 saturated carbocycles. The van der Waals surface area contributed by atoms with Crippen molar-refractivity contribution in [3.63, 3.8) is 0 Å². The highest BCUT2D eigenvalue weighted by atomic mass is 79.9. The predicted molar refractivity (Wildman–Crippen MR) is 81.8 cm³/mol. The van der Waals surface area contributed by atoms with Gasteiger partial charge in [0.05, 0.1) is 11.7 Å². The maximum atomic E-state index is 6.15. The summed E-state index contributed by atoms with van der Waals surface area (Å²) >= 11 is 3.46. The van der Waals surface area contributed by atoms with Gasteiger partial charge in [-0.3, -0.25) is 0 Å². The number of hydrogen-bond donors (Lipinski definition) is 1. The number of fused-ring (bicyclic) bond motifs is 1. The Hall–Kier alpha value is -1.48. The Morgan fingerprint density at radius 3 is 2.58 bits per heavy atom. The van der Waals surface area contributed by atoms with Gasteiger partial charge in [0.2, 0.25) is 0 Å². The van der Waals surface area contributed by atoms with E-state index in [9.17, 15) is 0 Å². The number of hydrogen-bond acceptors (Lipinski definition) is 2. The minimum atomic E-state index is 0.0447. The second kappa shape index (κ2) is 4.89. The largest absolute Gasteiger partial charge is 0.481 e. The average Bonchev–Trinajstić information content (AvgIpc) is 2.39. The summed E-state index contributed by atoms with van der Waals surface area (Å²) < 4.78 is 7.23. The summed E-state index contributed by atoms with van der Waals surface area (Å²) in [5.74, 6) is 0.927. The lowest BCUT2D eigenvalue weighted by molar-refractivity contribution is 0.177. The van der Waals surface area contributed by atoms with Crippen molar-refractivity contribution in [2.75, 3.05) is 5.32 Å². The second-order valence-corrected chi connectivity index (χ2v) is 5.94. The van der Waals surface area contributed by atoms with Crippen LogP contribution in [-0.4, -0.2) is 6.04 Å². The lowest BCUT2D eigenvalue weighted by atomic mass is 10.0. The molecule has 3 rings (SSSR count). The lowest BCUT2D eigenvalue weighted by Gasteiger charge is -2.33. The van der Waals surface area contributed by atoms with Gasteiger partial charge in [-0.2, -0.15) is 0 Å². The quantitative estimate of drug-likeness (QED) is 0.823. The predicted octanol–water partition coefficient (Wildman–Crippen LogP) is 4.69. The zero-order valence-electron chi connectivity index (χ0n) is 11.0. The number of ether oxygens (including phenoxy) is 1. The van der Waals surface area contributed by atoms with Crippen molar-refractivity contribution in [3.8, 4) is 5.75 Å². The maximum absolute atomic E-state index is 6.15. The third-order valence-corrected chi connectivity index (χ3v) is 3.95. The van der Waals surface area contributed by atoms with Gasteiger partial charge in [0, 0.05) is 4.47 Å². The molecule has 1 N–H and O–H groups in total. The molecule has 0 saturated heterocycles. The van der Waals surface area contributed by atoms with E-state index in [4.69, 9.17) is 4.74 Å². The SMILES string of the molecule is Cc1ccc2c(c1)NC(C)C(c1ccc(Br)cc1)O2. The first kappa shape index (κ1) is 12.5. The third-order valence-electron chi connectivity index (χ3n) is 3.42. The number of rotatable bonds is 1. The Bertz CT molecular complexity index is 594. The second-order valence-electron chi connectivity index (χ2n) is 5.02. The summed E-state index contributed by atoms with van der Waals surface area (Å²) in [5, 5.41) is 3.53. The standard InChI is InChI=1S/C16H16BrNO/c1-10-3-8-15-14(9-10)18-11(2)16(19-15)12-4-6-13(17)7-5-12/h3-9,11,16,18H,1-2H3. The fourth-order valence-electron chi connectivity index (χ4n) is 2.43. The van der Waals surface area contributed by atoms with E-state index in [0.29, 0.717) is 0 Å². The normalized spacial score (nSPS) is 21.2. The number of benzene rings is 2.